The van der Waals surface area contributed by atoms with Gasteiger partial charge in [-0.1, -0.05) is 193 Å². The topological polar surface area (TPSA) is 0 Å². The van der Waals surface area contributed by atoms with E-state index >= 15 is 0 Å². The molecule has 0 N–H and O–H groups in total. The van der Waals surface area contributed by atoms with E-state index in [1.807, 2.05) is 0 Å². The van der Waals surface area contributed by atoms with Crippen molar-refractivity contribution in [3.05, 3.63) is 0 Å². The summed E-state index contributed by atoms with van der Waals surface area (Å²) in [7, 11) is 0. The molecule has 0 aromatic rings. The SMILES string of the molecule is C1CCCCCCCCCCCCCCCCCCCCCCCCCCCCC1. The maximum atomic E-state index is 1.50. The predicted molar refractivity (Wildman–Crippen MR) is 139 cm³/mol. The zero-order valence-corrected chi connectivity index (χ0v) is 21.2. The molecule has 0 radical (unpaired) electrons. The van der Waals surface area contributed by atoms with Crippen LogP contribution in [0.25, 0.3) is 0 Å². The Morgan fingerprint density at radius 3 is 0.133 bits per heavy atom. The molecule has 1 aliphatic carbocycles. The molecule has 0 atom stereocenters. The van der Waals surface area contributed by atoms with Crippen LogP contribution in [0.15, 0.2) is 0 Å². The highest BCUT2D eigenvalue weighted by molar-refractivity contribution is 4.53. The summed E-state index contributed by atoms with van der Waals surface area (Å²) in [6.07, 6.45) is 45.0. The van der Waals surface area contributed by atoms with Crippen molar-refractivity contribution in [2.75, 3.05) is 0 Å². The molecule has 0 unspecified atom stereocenters. The average molecular weight is 421 g/mol. The molecule has 0 bridgehead atoms. The summed E-state index contributed by atoms with van der Waals surface area (Å²) in [4.78, 5) is 0. The summed E-state index contributed by atoms with van der Waals surface area (Å²) in [5.41, 5.74) is 0. The van der Waals surface area contributed by atoms with Gasteiger partial charge in [-0.2, -0.15) is 0 Å². The van der Waals surface area contributed by atoms with Crippen molar-refractivity contribution in [2.45, 2.75) is 193 Å². The molecule has 0 heterocycles. The van der Waals surface area contributed by atoms with E-state index in [0.717, 1.165) is 0 Å². The van der Waals surface area contributed by atoms with Crippen molar-refractivity contribution in [1.82, 2.24) is 0 Å². The monoisotopic (exact) mass is 420 g/mol. The molecule has 1 saturated carbocycles. The molecule has 0 spiro atoms. The van der Waals surface area contributed by atoms with E-state index in [1.165, 1.54) is 193 Å². The van der Waals surface area contributed by atoms with E-state index in [2.05, 4.69) is 0 Å². The van der Waals surface area contributed by atoms with Gasteiger partial charge in [0.25, 0.3) is 0 Å². The van der Waals surface area contributed by atoms with Crippen molar-refractivity contribution < 1.29 is 0 Å². The van der Waals surface area contributed by atoms with E-state index in [4.69, 9.17) is 0 Å². The number of hydrogen-bond acceptors (Lipinski definition) is 0. The zero-order chi connectivity index (χ0) is 21.2. The van der Waals surface area contributed by atoms with Crippen molar-refractivity contribution in [1.29, 1.82) is 0 Å². The molecular formula is C30H60. The lowest BCUT2D eigenvalue weighted by Gasteiger charge is -2.05. The van der Waals surface area contributed by atoms with Gasteiger partial charge in [-0.25, -0.2) is 0 Å². The molecule has 30 heavy (non-hydrogen) atoms. The number of rotatable bonds is 0. The highest BCUT2D eigenvalue weighted by Gasteiger charge is 1.97. The van der Waals surface area contributed by atoms with Crippen LogP contribution in [0.3, 0.4) is 0 Å². The molecule has 0 heteroatoms. The van der Waals surface area contributed by atoms with Crippen molar-refractivity contribution >= 4 is 0 Å². The van der Waals surface area contributed by atoms with Gasteiger partial charge in [-0.15, -0.1) is 0 Å². The van der Waals surface area contributed by atoms with E-state index in [-0.39, 0.29) is 0 Å². The Hall–Kier alpha value is 0. The first-order valence-electron chi connectivity index (χ1n) is 15.0. The molecule has 0 aliphatic heterocycles. The lowest BCUT2D eigenvalue weighted by molar-refractivity contribution is 0.504. The minimum absolute atomic E-state index is 1.50. The van der Waals surface area contributed by atoms with E-state index in [0.29, 0.717) is 0 Å². The smallest absolute Gasteiger partial charge is 0.0533 e. The molecular weight excluding hydrogens is 360 g/mol. The molecule has 180 valence electrons. The Kier molecular flexibility index (Phi) is 23.6. The third kappa shape index (κ3) is 22.7. The minimum atomic E-state index is 1.50. The van der Waals surface area contributed by atoms with Gasteiger partial charge in [-0.05, 0) is 0 Å². The van der Waals surface area contributed by atoms with Gasteiger partial charge in [0.1, 0.15) is 0 Å². The van der Waals surface area contributed by atoms with Gasteiger partial charge < -0.3 is 0 Å². The van der Waals surface area contributed by atoms with Crippen LogP contribution in [0.4, 0.5) is 0 Å². The van der Waals surface area contributed by atoms with Crippen LogP contribution in [-0.2, 0) is 0 Å². The van der Waals surface area contributed by atoms with Crippen LogP contribution in [0, 0.1) is 0 Å². The van der Waals surface area contributed by atoms with Crippen LogP contribution >= 0.6 is 0 Å². The average Bonchev–Trinajstić information content (AvgIpc) is 2.76. The van der Waals surface area contributed by atoms with Crippen molar-refractivity contribution in [3.63, 3.8) is 0 Å². The Morgan fingerprint density at radius 2 is 0.100 bits per heavy atom. The highest BCUT2D eigenvalue weighted by Crippen LogP contribution is 2.17. The quantitative estimate of drug-likeness (QED) is 0.365. The highest BCUT2D eigenvalue weighted by atomic mass is 14.0. The molecule has 1 rings (SSSR count). The Balaban J connectivity index is 2.00. The first kappa shape index (κ1) is 28.0. The summed E-state index contributed by atoms with van der Waals surface area (Å²) in [6.45, 7) is 0. The van der Waals surface area contributed by atoms with E-state index in [9.17, 15) is 0 Å². The maximum absolute atomic E-state index is 1.50. The summed E-state index contributed by atoms with van der Waals surface area (Å²) in [5, 5.41) is 0. The second-order valence-electron chi connectivity index (χ2n) is 10.6. The molecule has 0 aromatic carbocycles. The van der Waals surface area contributed by atoms with Crippen LogP contribution in [0.2, 0.25) is 0 Å². The Morgan fingerprint density at radius 1 is 0.0667 bits per heavy atom. The minimum Gasteiger partial charge on any atom is -0.0533 e. The Labute approximate surface area is 192 Å². The normalized spacial score (nSPS) is 24.0. The molecule has 1 fully saturated rings. The van der Waals surface area contributed by atoms with Crippen LogP contribution < -0.4 is 0 Å². The maximum Gasteiger partial charge on any atom is -0.0533 e. The first-order valence-corrected chi connectivity index (χ1v) is 15.0. The fraction of sp³-hybridized carbons (Fsp3) is 1.00. The third-order valence-corrected chi connectivity index (χ3v) is 7.50. The molecule has 0 aromatic heterocycles. The summed E-state index contributed by atoms with van der Waals surface area (Å²) >= 11 is 0. The first-order chi connectivity index (χ1) is 15.0. The van der Waals surface area contributed by atoms with Gasteiger partial charge in [-0.3, -0.25) is 0 Å². The summed E-state index contributed by atoms with van der Waals surface area (Å²) < 4.78 is 0. The van der Waals surface area contributed by atoms with Crippen LogP contribution in [0.5, 0.6) is 0 Å². The fourth-order valence-corrected chi connectivity index (χ4v) is 5.30. The third-order valence-electron chi connectivity index (χ3n) is 7.50. The lowest BCUT2D eigenvalue weighted by Crippen LogP contribution is -1.85. The fourth-order valence-electron chi connectivity index (χ4n) is 5.30. The second kappa shape index (κ2) is 25.3. The lowest BCUT2D eigenvalue weighted by atomic mass is 10.0. The number of hydrogen-bond donors (Lipinski definition) is 0. The van der Waals surface area contributed by atoms with Gasteiger partial charge in [0.05, 0.1) is 0 Å². The molecule has 0 saturated heterocycles. The van der Waals surface area contributed by atoms with Gasteiger partial charge in [0.15, 0.2) is 0 Å². The Bertz CT molecular complexity index is 147. The van der Waals surface area contributed by atoms with E-state index < -0.39 is 0 Å². The predicted octanol–water partition coefficient (Wildman–Crippen LogP) is 11.7. The standard InChI is InChI=1S/C30H60/c1-2-4-6-8-10-12-14-16-18-20-22-24-26-28-30-29-27-25-23-21-19-17-15-13-11-9-7-5-3-1/h1-30H2. The van der Waals surface area contributed by atoms with Gasteiger partial charge in [0.2, 0.25) is 0 Å². The van der Waals surface area contributed by atoms with Crippen molar-refractivity contribution in [3.8, 4) is 0 Å². The van der Waals surface area contributed by atoms with Gasteiger partial charge >= 0.3 is 0 Å². The van der Waals surface area contributed by atoms with Gasteiger partial charge in [0, 0.05) is 0 Å². The van der Waals surface area contributed by atoms with E-state index in [1.54, 1.807) is 0 Å². The molecule has 0 amide bonds. The summed E-state index contributed by atoms with van der Waals surface area (Å²) in [5.74, 6) is 0. The van der Waals surface area contributed by atoms with Crippen LogP contribution in [-0.4, -0.2) is 0 Å². The largest absolute Gasteiger partial charge is 0.0533 e. The zero-order valence-electron chi connectivity index (χ0n) is 21.2. The molecule has 1 aliphatic rings. The second-order valence-corrected chi connectivity index (χ2v) is 10.6. The van der Waals surface area contributed by atoms with Crippen molar-refractivity contribution in [2.24, 2.45) is 0 Å². The molecule has 0 nitrogen and oxygen atoms in total. The summed E-state index contributed by atoms with van der Waals surface area (Å²) in [6, 6.07) is 0. The van der Waals surface area contributed by atoms with Crippen LogP contribution in [0.1, 0.15) is 193 Å².